The smallest absolute Gasteiger partial charge is 0.333 e. The monoisotopic (exact) mass is 341 g/mol. The van der Waals surface area contributed by atoms with E-state index in [-0.39, 0.29) is 12.1 Å². The molecule has 3 aromatic heterocycles. The number of amides is 2. The minimum absolute atomic E-state index is 0.212. The Morgan fingerprint density at radius 1 is 1.29 bits per heavy atom. The van der Waals surface area contributed by atoms with Gasteiger partial charge in [0, 0.05) is 19.3 Å². The van der Waals surface area contributed by atoms with Crippen LogP contribution in [0.15, 0.2) is 30.9 Å². The summed E-state index contributed by atoms with van der Waals surface area (Å²) >= 11 is 4.21. The highest BCUT2D eigenvalue weighted by atomic mass is 32.1. The Morgan fingerprint density at radius 2 is 2.12 bits per heavy atom. The summed E-state index contributed by atoms with van der Waals surface area (Å²) in [4.78, 5) is 29.5. The van der Waals surface area contributed by atoms with Gasteiger partial charge in [0.05, 0.1) is 12.5 Å². The Balaban J connectivity index is 1.62. The fourth-order valence-corrected chi connectivity index (χ4v) is 2.57. The maximum atomic E-state index is 12.1. The number of thiol groups is 1. The van der Waals surface area contributed by atoms with Crippen LogP contribution in [-0.2, 0) is 7.05 Å². The Bertz CT molecular complexity index is 921. The molecule has 1 N–H and O–H groups in total. The number of rotatable bonds is 3. The van der Waals surface area contributed by atoms with Crippen LogP contribution in [0.3, 0.4) is 0 Å². The van der Waals surface area contributed by atoms with Crippen LogP contribution >= 0.6 is 12.8 Å². The van der Waals surface area contributed by atoms with Gasteiger partial charge in [-0.25, -0.2) is 19.7 Å². The number of nitrogens with zero attached hydrogens (tertiary/aromatic N) is 6. The number of hydrogen-bond donors (Lipinski definition) is 2. The van der Waals surface area contributed by atoms with Crippen molar-refractivity contribution in [1.29, 1.82) is 0 Å². The van der Waals surface area contributed by atoms with Gasteiger partial charge in [0.1, 0.15) is 22.7 Å². The first-order chi connectivity index (χ1) is 11.6. The number of aromatic nitrogens is 5. The summed E-state index contributed by atoms with van der Waals surface area (Å²) in [5.74, 6) is 0.416. The first-order valence-electron chi connectivity index (χ1n) is 7.51. The molecule has 0 spiro atoms. The van der Waals surface area contributed by atoms with Gasteiger partial charge in [-0.05, 0) is 25.0 Å². The summed E-state index contributed by atoms with van der Waals surface area (Å²) in [5.41, 5.74) is 2.46. The van der Waals surface area contributed by atoms with E-state index in [1.54, 1.807) is 24.7 Å². The number of pyridine rings is 1. The summed E-state index contributed by atoms with van der Waals surface area (Å²) in [5, 5.41) is 2.73. The molecule has 24 heavy (non-hydrogen) atoms. The first kappa shape index (κ1) is 14.9. The summed E-state index contributed by atoms with van der Waals surface area (Å²) in [6, 6.07) is 3.39. The lowest BCUT2D eigenvalue weighted by molar-refractivity contribution is 0.238. The van der Waals surface area contributed by atoms with Gasteiger partial charge in [0.15, 0.2) is 5.65 Å². The number of aryl methyl sites for hydroxylation is 1. The number of hydrogen-bond acceptors (Lipinski definition) is 6. The number of nitrogens with one attached hydrogen (secondary N) is 1. The van der Waals surface area contributed by atoms with Crippen LogP contribution in [-0.4, -0.2) is 40.9 Å². The number of fused-ring (bicyclic) bond motifs is 1. The van der Waals surface area contributed by atoms with Crippen molar-refractivity contribution in [1.82, 2.24) is 28.8 Å². The van der Waals surface area contributed by atoms with E-state index in [2.05, 4.69) is 38.1 Å². The molecule has 0 unspecified atom stereocenters. The van der Waals surface area contributed by atoms with Crippen LogP contribution in [0, 0.1) is 0 Å². The van der Waals surface area contributed by atoms with Crippen LogP contribution in [0.4, 0.5) is 10.6 Å². The summed E-state index contributed by atoms with van der Waals surface area (Å²) < 4.78 is 3.24. The van der Waals surface area contributed by atoms with Gasteiger partial charge < -0.3 is 4.57 Å². The molecule has 1 aliphatic carbocycles. The SMILES string of the molecule is Cn1cnc(-c2cnc3ccc(NC(=O)N(S)C4CC4)nc3n2)c1. The molecule has 0 atom stereocenters. The molecule has 8 nitrogen and oxygen atoms in total. The molecule has 9 heteroatoms. The highest BCUT2D eigenvalue weighted by Gasteiger charge is 2.30. The lowest BCUT2D eigenvalue weighted by Gasteiger charge is -2.15. The van der Waals surface area contributed by atoms with Crippen LogP contribution in [0.25, 0.3) is 22.6 Å². The van der Waals surface area contributed by atoms with Gasteiger partial charge in [-0.1, -0.05) is 12.8 Å². The molecule has 0 aliphatic heterocycles. The lowest BCUT2D eigenvalue weighted by atomic mass is 10.3. The Morgan fingerprint density at radius 3 is 2.83 bits per heavy atom. The van der Waals surface area contributed by atoms with Crippen molar-refractivity contribution < 1.29 is 4.79 Å². The van der Waals surface area contributed by atoms with Crippen molar-refractivity contribution in [3.8, 4) is 11.4 Å². The number of anilines is 1. The zero-order valence-corrected chi connectivity index (χ0v) is 13.8. The third-order valence-corrected chi connectivity index (χ3v) is 4.22. The zero-order valence-electron chi connectivity index (χ0n) is 12.9. The maximum absolute atomic E-state index is 12.1. The highest BCUT2D eigenvalue weighted by molar-refractivity contribution is 7.78. The molecule has 0 bridgehead atoms. The topological polar surface area (TPSA) is 88.8 Å². The maximum Gasteiger partial charge on any atom is 0.333 e. The molecule has 122 valence electrons. The van der Waals surface area contributed by atoms with Crippen molar-refractivity contribution >= 4 is 35.8 Å². The van der Waals surface area contributed by atoms with Gasteiger partial charge in [-0.2, -0.15) is 0 Å². The Labute approximate surface area is 143 Å². The van der Waals surface area contributed by atoms with Crippen LogP contribution in [0.5, 0.6) is 0 Å². The second-order valence-electron chi connectivity index (χ2n) is 5.72. The lowest BCUT2D eigenvalue weighted by Crippen LogP contribution is -2.29. The van der Waals surface area contributed by atoms with Crippen molar-refractivity contribution in [2.24, 2.45) is 7.05 Å². The molecule has 2 amide bonds. The van der Waals surface area contributed by atoms with E-state index >= 15 is 0 Å². The summed E-state index contributed by atoms with van der Waals surface area (Å²) in [6.07, 6.45) is 7.19. The molecule has 0 aromatic carbocycles. The van der Waals surface area contributed by atoms with E-state index in [1.165, 1.54) is 4.31 Å². The molecule has 1 fully saturated rings. The van der Waals surface area contributed by atoms with E-state index < -0.39 is 0 Å². The Hall–Kier alpha value is -2.68. The fraction of sp³-hybridized carbons (Fsp3) is 0.267. The van der Waals surface area contributed by atoms with Gasteiger partial charge in [0.2, 0.25) is 0 Å². The predicted molar refractivity (Wildman–Crippen MR) is 92.4 cm³/mol. The second-order valence-corrected chi connectivity index (χ2v) is 6.16. The van der Waals surface area contributed by atoms with Gasteiger partial charge in [-0.3, -0.25) is 14.6 Å². The standard InChI is InChI=1S/C15H15N7OS/c1-21-7-12(17-8-21)11-6-16-10-4-5-13(19-14(10)18-11)20-15(23)22(24)9-2-3-9/h4-9,24H,2-3H2,1H3,(H,18,19,20,23). The van der Waals surface area contributed by atoms with Crippen LogP contribution in [0.2, 0.25) is 0 Å². The predicted octanol–water partition coefficient (Wildman–Crippen LogP) is 2.27. The van der Waals surface area contributed by atoms with Crippen molar-refractivity contribution in [2.75, 3.05) is 5.32 Å². The molecular formula is C15H15N7OS. The number of carbonyl (C=O) groups excluding carboxylic acids is 1. The molecular weight excluding hydrogens is 326 g/mol. The number of carbonyl (C=O) groups is 1. The normalized spacial score (nSPS) is 13.9. The fourth-order valence-electron chi connectivity index (χ4n) is 2.29. The molecule has 4 rings (SSSR count). The molecule has 1 saturated carbocycles. The molecule has 0 saturated heterocycles. The van der Waals surface area contributed by atoms with E-state index in [1.807, 2.05) is 17.8 Å². The zero-order chi connectivity index (χ0) is 16.7. The van der Waals surface area contributed by atoms with Gasteiger partial charge in [0.25, 0.3) is 0 Å². The van der Waals surface area contributed by atoms with Gasteiger partial charge in [-0.15, -0.1) is 0 Å². The molecule has 1 aliphatic rings. The average Bonchev–Trinajstić information content (AvgIpc) is 3.34. The second kappa shape index (κ2) is 5.75. The van der Waals surface area contributed by atoms with Crippen LogP contribution < -0.4 is 5.32 Å². The summed E-state index contributed by atoms with van der Waals surface area (Å²) in [7, 11) is 1.89. The minimum atomic E-state index is -0.290. The quantitative estimate of drug-likeness (QED) is 0.714. The third kappa shape index (κ3) is 2.90. The first-order valence-corrected chi connectivity index (χ1v) is 7.91. The molecule has 3 heterocycles. The molecule has 0 radical (unpaired) electrons. The Kier molecular flexibility index (Phi) is 3.57. The molecule has 3 aromatic rings. The largest absolute Gasteiger partial charge is 0.340 e. The van der Waals surface area contributed by atoms with E-state index in [0.717, 1.165) is 18.5 Å². The van der Waals surface area contributed by atoms with Crippen molar-refractivity contribution in [3.63, 3.8) is 0 Å². The van der Waals surface area contributed by atoms with E-state index in [4.69, 9.17) is 0 Å². The summed E-state index contributed by atoms with van der Waals surface area (Å²) in [6.45, 7) is 0. The van der Waals surface area contributed by atoms with Crippen molar-refractivity contribution in [3.05, 3.63) is 30.9 Å². The van der Waals surface area contributed by atoms with E-state index in [9.17, 15) is 4.79 Å². The van der Waals surface area contributed by atoms with Crippen molar-refractivity contribution in [2.45, 2.75) is 18.9 Å². The van der Waals surface area contributed by atoms with Crippen LogP contribution in [0.1, 0.15) is 12.8 Å². The number of imidazole rings is 1. The third-order valence-electron chi connectivity index (χ3n) is 3.71. The minimum Gasteiger partial charge on any atom is -0.340 e. The number of urea groups is 1. The average molecular weight is 341 g/mol. The van der Waals surface area contributed by atoms with Gasteiger partial charge >= 0.3 is 6.03 Å². The van der Waals surface area contributed by atoms with E-state index in [0.29, 0.717) is 22.7 Å². The highest BCUT2D eigenvalue weighted by Crippen LogP contribution is 2.28.